The van der Waals surface area contributed by atoms with E-state index in [4.69, 9.17) is 23.2 Å². The van der Waals surface area contributed by atoms with Gasteiger partial charge in [0.1, 0.15) is 11.8 Å². The van der Waals surface area contributed by atoms with E-state index in [1.54, 1.807) is 48.5 Å². The molecule has 2 unspecified atom stereocenters. The number of thiazole rings is 1. The van der Waals surface area contributed by atoms with Crippen LogP contribution in [0.1, 0.15) is 21.9 Å². The highest BCUT2D eigenvalue weighted by atomic mass is 35.5. The Labute approximate surface area is 260 Å². The van der Waals surface area contributed by atoms with E-state index in [0.717, 1.165) is 50.8 Å². The fourth-order valence-electron chi connectivity index (χ4n) is 5.30. The summed E-state index contributed by atoms with van der Waals surface area (Å²) in [5, 5.41) is 2.14. The standard InChI is InChI=1S/C29H18Cl2F3N3O4S2/c30-18-11-5-10-17(22(18)31)20-21-23(26(40)37(25(21)39)16-8-2-1-3-9-16)42-27-24(20)43-28(41)36(27)13-19(38)35-15-7-4-6-14(12-15)29(32,33)34/h1-12,20-21,23H,13H2,(H,35,38)/t20-,21?,23?/m1/s1. The van der Waals surface area contributed by atoms with Gasteiger partial charge in [0.25, 0.3) is 0 Å². The maximum Gasteiger partial charge on any atom is 0.416 e. The number of alkyl halides is 3. The molecule has 1 N–H and O–H groups in total. The summed E-state index contributed by atoms with van der Waals surface area (Å²) in [4.78, 5) is 54.9. The van der Waals surface area contributed by atoms with Crippen molar-refractivity contribution in [2.75, 3.05) is 10.2 Å². The molecule has 1 fully saturated rings. The molecule has 6 rings (SSSR count). The molecule has 7 nitrogen and oxygen atoms in total. The lowest BCUT2D eigenvalue weighted by Gasteiger charge is -2.31. The molecule has 2 aliphatic rings. The van der Waals surface area contributed by atoms with Gasteiger partial charge in [0.05, 0.1) is 32.2 Å². The Balaban J connectivity index is 1.40. The van der Waals surface area contributed by atoms with Crippen LogP contribution in [0, 0.1) is 5.92 Å². The predicted octanol–water partition coefficient (Wildman–Crippen LogP) is 6.67. The number of carbonyl (C=O) groups is 3. The normalized spacial score (nSPS) is 19.7. The van der Waals surface area contributed by atoms with Gasteiger partial charge in [0.15, 0.2) is 0 Å². The molecule has 0 bridgehead atoms. The van der Waals surface area contributed by atoms with Crippen LogP contribution in [0.3, 0.4) is 0 Å². The van der Waals surface area contributed by atoms with Gasteiger partial charge in [-0.1, -0.05) is 82.7 Å². The average molecular weight is 665 g/mol. The summed E-state index contributed by atoms with van der Waals surface area (Å²) in [6.07, 6.45) is -4.60. The van der Waals surface area contributed by atoms with Gasteiger partial charge in [-0.15, -0.1) is 0 Å². The number of hydrogen-bond donors (Lipinski definition) is 1. The average Bonchev–Trinajstić information content (AvgIpc) is 3.41. The van der Waals surface area contributed by atoms with Crippen molar-refractivity contribution in [1.29, 1.82) is 0 Å². The predicted molar refractivity (Wildman–Crippen MR) is 159 cm³/mol. The summed E-state index contributed by atoms with van der Waals surface area (Å²) < 4.78 is 40.6. The smallest absolute Gasteiger partial charge is 0.325 e. The molecular weight excluding hydrogens is 646 g/mol. The molecule has 0 aliphatic carbocycles. The maximum absolute atomic E-state index is 13.9. The molecule has 2 aliphatic heterocycles. The molecule has 0 radical (unpaired) electrons. The van der Waals surface area contributed by atoms with Crippen molar-refractivity contribution >= 4 is 75.4 Å². The van der Waals surface area contributed by atoms with Crippen molar-refractivity contribution in [3.05, 3.63) is 109 Å². The topological polar surface area (TPSA) is 88.5 Å². The Morgan fingerprint density at radius 1 is 0.930 bits per heavy atom. The van der Waals surface area contributed by atoms with Gasteiger partial charge in [-0.25, -0.2) is 4.90 Å². The van der Waals surface area contributed by atoms with Crippen molar-refractivity contribution in [2.24, 2.45) is 5.92 Å². The number of para-hydroxylation sites is 1. The third-order valence-corrected chi connectivity index (χ3v) is 10.6. The van der Waals surface area contributed by atoms with Crippen molar-refractivity contribution in [1.82, 2.24) is 4.57 Å². The van der Waals surface area contributed by atoms with Crippen LogP contribution in [0.4, 0.5) is 24.5 Å². The molecule has 3 heterocycles. The van der Waals surface area contributed by atoms with Crippen molar-refractivity contribution in [2.45, 2.75) is 28.9 Å². The fourth-order valence-corrected chi connectivity index (χ4v) is 8.49. The lowest BCUT2D eigenvalue weighted by molar-refractivity contribution is -0.137. The first-order chi connectivity index (χ1) is 20.5. The molecule has 220 valence electrons. The molecule has 0 saturated carbocycles. The van der Waals surface area contributed by atoms with E-state index in [1.807, 2.05) is 0 Å². The third kappa shape index (κ3) is 5.26. The zero-order valence-corrected chi connectivity index (χ0v) is 24.7. The molecular formula is C29H18Cl2F3N3O4S2. The summed E-state index contributed by atoms with van der Waals surface area (Å²) in [6, 6.07) is 17.5. The number of halogens is 5. The van der Waals surface area contributed by atoms with E-state index >= 15 is 0 Å². The number of nitrogens with one attached hydrogen (secondary N) is 1. The second kappa shape index (κ2) is 11.2. The number of thioether (sulfide) groups is 1. The number of amides is 3. The van der Waals surface area contributed by atoms with Crippen LogP contribution in [0.2, 0.25) is 10.0 Å². The van der Waals surface area contributed by atoms with Crippen LogP contribution < -0.4 is 15.1 Å². The van der Waals surface area contributed by atoms with Crippen LogP contribution in [-0.2, 0) is 27.1 Å². The number of benzene rings is 3. The highest BCUT2D eigenvalue weighted by Gasteiger charge is 2.57. The van der Waals surface area contributed by atoms with Crippen LogP contribution in [0.5, 0.6) is 0 Å². The number of carbonyl (C=O) groups excluding carboxylic acids is 3. The second-order valence-electron chi connectivity index (χ2n) is 9.78. The molecule has 3 atom stereocenters. The van der Waals surface area contributed by atoms with Crippen molar-refractivity contribution < 1.29 is 27.6 Å². The van der Waals surface area contributed by atoms with E-state index in [-0.39, 0.29) is 15.7 Å². The molecule has 3 amide bonds. The zero-order valence-electron chi connectivity index (χ0n) is 21.6. The minimum absolute atomic E-state index is 0.0941. The van der Waals surface area contributed by atoms with E-state index in [9.17, 15) is 32.3 Å². The first-order valence-electron chi connectivity index (χ1n) is 12.7. The summed E-state index contributed by atoms with van der Waals surface area (Å²) in [7, 11) is 0. The second-order valence-corrected chi connectivity index (χ2v) is 12.7. The Morgan fingerprint density at radius 3 is 2.37 bits per heavy atom. The van der Waals surface area contributed by atoms with Crippen molar-refractivity contribution in [3.63, 3.8) is 0 Å². The summed E-state index contributed by atoms with van der Waals surface area (Å²) in [6.45, 7) is -0.536. The third-order valence-electron chi connectivity index (χ3n) is 7.16. The number of rotatable bonds is 5. The first-order valence-corrected chi connectivity index (χ1v) is 15.1. The van der Waals surface area contributed by atoms with Gasteiger partial charge in [-0.2, -0.15) is 13.2 Å². The largest absolute Gasteiger partial charge is 0.416 e. The Kier molecular flexibility index (Phi) is 7.66. The zero-order chi connectivity index (χ0) is 30.6. The Hall–Kier alpha value is -3.58. The first kappa shape index (κ1) is 29.5. The lowest BCUT2D eigenvalue weighted by Crippen LogP contribution is -2.33. The molecule has 0 spiro atoms. The summed E-state index contributed by atoms with van der Waals surface area (Å²) >= 11 is 14.8. The van der Waals surface area contributed by atoms with E-state index in [0.29, 0.717) is 21.2 Å². The van der Waals surface area contributed by atoms with Crippen molar-refractivity contribution in [3.8, 4) is 0 Å². The van der Waals surface area contributed by atoms with Crippen LogP contribution in [0.15, 0.2) is 82.6 Å². The highest BCUT2D eigenvalue weighted by molar-refractivity contribution is 8.00. The molecule has 43 heavy (non-hydrogen) atoms. The molecule has 4 aromatic rings. The monoisotopic (exact) mass is 663 g/mol. The minimum atomic E-state index is -4.60. The molecule has 1 saturated heterocycles. The number of hydrogen-bond acceptors (Lipinski definition) is 6. The van der Waals surface area contributed by atoms with Gasteiger partial charge < -0.3 is 5.32 Å². The van der Waals surface area contributed by atoms with Crippen LogP contribution in [0.25, 0.3) is 0 Å². The van der Waals surface area contributed by atoms with E-state index < -0.39 is 58.0 Å². The Bertz CT molecular complexity index is 1840. The van der Waals surface area contributed by atoms with E-state index in [1.165, 1.54) is 6.07 Å². The van der Waals surface area contributed by atoms with Gasteiger partial charge in [0, 0.05) is 16.5 Å². The molecule has 1 aromatic heterocycles. The number of anilines is 2. The SMILES string of the molecule is O=C(Cn1c2c(sc1=O)[C@H](c1cccc(Cl)c1Cl)C1C(=O)N(c3ccccc3)C(=O)C1S2)Nc1cccc(C(F)(F)F)c1. The number of imide groups is 1. The minimum Gasteiger partial charge on any atom is -0.325 e. The van der Waals surface area contributed by atoms with Gasteiger partial charge in [0.2, 0.25) is 17.7 Å². The summed E-state index contributed by atoms with van der Waals surface area (Å²) in [5.74, 6) is -3.45. The van der Waals surface area contributed by atoms with Gasteiger partial charge in [-0.3, -0.25) is 23.7 Å². The van der Waals surface area contributed by atoms with Gasteiger partial charge in [-0.05, 0) is 42.0 Å². The maximum atomic E-state index is 13.9. The van der Waals surface area contributed by atoms with E-state index in [2.05, 4.69) is 5.32 Å². The lowest BCUT2D eigenvalue weighted by atomic mass is 9.83. The fraction of sp³-hybridized carbons (Fsp3) is 0.172. The highest BCUT2D eigenvalue weighted by Crippen LogP contribution is 2.55. The van der Waals surface area contributed by atoms with Crippen LogP contribution in [-0.4, -0.2) is 27.5 Å². The number of aromatic nitrogens is 1. The quantitative estimate of drug-likeness (QED) is 0.241. The van der Waals surface area contributed by atoms with Crippen LogP contribution >= 0.6 is 46.3 Å². The molecule has 3 aromatic carbocycles. The Morgan fingerprint density at radius 2 is 1.65 bits per heavy atom. The number of fused-ring (bicyclic) bond motifs is 2. The number of nitrogens with zero attached hydrogens (tertiary/aromatic N) is 2. The molecule has 14 heteroatoms. The summed E-state index contributed by atoms with van der Waals surface area (Å²) in [5.41, 5.74) is -0.192. The van der Waals surface area contributed by atoms with Gasteiger partial charge >= 0.3 is 11.0 Å².